The SMILES string of the molecule is [B]C1(S)CC2CC3CCC3C21. The Morgan fingerprint density at radius 3 is 2.55 bits per heavy atom. The van der Waals surface area contributed by atoms with E-state index in [1.54, 1.807) is 0 Å². The normalized spacial score (nSPS) is 65.9. The fourth-order valence-electron chi connectivity index (χ4n) is 3.63. The van der Waals surface area contributed by atoms with E-state index in [0.717, 1.165) is 23.7 Å². The molecule has 0 aliphatic heterocycles. The van der Waals surface area contributed by atoms with E-state index in [-0.39, 0.29) is 4.65 Å². The number of rotatable bonds is 0. The molecule has 0 aromatic carbocycles. The highest BCUT2D eigenvalue weighted by atomic mass is 32.1. The second kappa shape index (κ2) is 1.84. The van der Waals surface area contributed by atoms with Crippen molar-refractivity contribution >= 4 is 20.5 Å². The van der Waals surface area contributed by atoms with Gasteiger partial charge in [-0.2, -0.15) is 12.6 Å². The van der Waals surface area contributed by atoms with Crippen LogP contribution in [0.5, 0.6) is 0 Å². The maximum atomic E-state index is 6.06. The summed E-state index contributed by atoms with van der Waals surface area (Å²) in [7, 11) is 6.06. The quantitative estimate of drug-likeness (QED) is 0.410. The summed E-state index contributed by atoms with van der Waals surface area (Å²) in [5.74, 6) is 3.75. The highest BCUT2D eigenvalue weighted by molar-refractivity contribution is 7.83. The third-order valence-corrected chi connectivity index (χ3v) is 4.70. The predicted molar refractivity (Wildman–Crippen MR) is 49.9 cm³/mol. The molecule has 3 fully saturated rings. The largest absolute Gasteiger partial charge is 0.182 e. The van der Waals surface area contributed by atoms with Gasteiger partial charge in [-0.25, -0.2) is 0 Å². The van der Waals surface area contributed by atoms with E-state index in [2.05, 4.69) is 12.6 Å². The van der Waals surface area contributed by atoms with Gasteiger partial charge < -0.3 is 0 Å². The molecule has 0 amide bonds. The van der Waals surface area contributed by atoms with Gasteiger partial charge in [0.05, 0.1) is 7.85 Å². The standard InChI is InChI=1S/C9H13BS/c10-9(11)4-6-3-5-1-2-7(5)8(6)9/h5-8,11H,1-4H2. The van der Waals surface area contributed by atoms with Crippen LogP contribution < -0.4 is 0 Å². The van der Waals surface area contributed by atoms with Crippen molar-refractivity contribution in [2.24, 2.45) is 23.7 Å². The summed E-state index contributed by atoms with van der Waals surface area (Å²) in [6.45, 7) is 0. The Morgan fingerprint density at radius 2 is 2.09 bits per heavy atom. The van der Waals surface area contributed by atoms with Crippen LogP contribution in [-0.4, -0.2) is 12.5 Å². The monoisotopic (exact) mass is 164 g/mol. The van der Waals surface area contributed by atoms with Crippen LogP contribution in [0, 0.1) is 23.7 Å². The summed E-state index contributed by atoms with van der Waals surface area (Å²) in [6.07, 6.45) is 5.55. The Balaban J connectivity index is 1.87. The van der Waals surface area contributed by atoms with Crippen molar-refractivity contribution in [1.29, 1.82) is 0 Å². The average molecular weight is 164 g/mol. The highest BCUT2D eigenvalue weighted by Gasteiger charge is 2.60. The predicted octanol–water partition coefficient (Wildman–Crippen LogP) is 1.85. The number of thiol groups is 1. The summed E-state index contributed by atoms with van der Waals surface area (Å²) in [5.41, 5.74) is 0. The van der Waals surface area contributed by atoms with Crippen molar-refractivity contribution < 1.29 is 0 Å². The Labute approximate surface area is 74.9 Å². The van der Waals surface area contributed by atoms with Crippen molar-refractivity contribution in [2.75, 3.05) is 0 Å². The minimum absolute atomic E-state index is 0.0789. The van der Waals surface area contributed by atoms with E-state index in [9.17, 15) is 0 Å². The van der Waals surface area contributed by atoms with E-state index in [1.165, 1.54) is 25.7 Å². The van der Waals surface area contributed by atoms with Gasteiger partial charge in [0.1, 0.15) is 0 Å². The van der Waals surface area contributed by atoms with Crippen molar-refractivity contribution in [3.05, 3.63) is 0 Å². The fourth-order valence-corrected chi connectivity index (χ4v) is 4.27. The second-order valence-corrected chi connectivity index (χ2v) is 5.55. The van der Waals surface area contributed by atoms with Crippen molar-refractivity contribution in [1.82, 2.24) is 0 Å². The van der Waals surface area contributed by atoms with Gasteiger partial charge in [0.2, 0.25) is 0 Å². The van der Waals surface area contributed by atoms with E-state index in [1.807, 2.05) is 0 Å². The summed E-state index contributed by atoms with van der Waals surface area (Å²) >= 11 is 4.53. The van der Waals surface area contributed by atoms with Gasteiger partial charge in [-0.3, -0.25) is 0 Å². The average Bonchev–Trinajstić information content (AvgIpc) is 2.07. The molecule has 58 valence electrons. The molecule has 3 rings (SSSR count). The lowest BCUT2D eigenvalue weighted by atomic mass is 9.53. The molecule has 5 atom stereocenters. The minimum atomic E-state index is -0.0789. The van der Waals surface area contributed by atoms with Crippen LogP contribution in [0.1, 0.15) is 25.7 Å². The molecule has 5 unspecified atom stereocenters. The van der Waals surface area contributed by atoms with E-state index in [4.69, 9.17) is 7.85 Å². The Morgan fingerprint density at radius 1 is 1.27 bits per heavy atom. The molecule has 3 aliphatic carbocycles. The van der Waals surface area contributed by atoms with Gasteiger partial charge >= 0.3 is 0 Å². The van der Waals surface area contributed by atoms with Crippen molar-refractivity contribution in [2.45, 2.75) is 30.3 Å². The molecular weight excluding hydrogens is 151 g/mol. The van der Waals surface area contributed by atoms with Crippen molar-refractivity contribution in [3.8, 4) is 0 Å². The van der Waals surface area contributed by atoms with Crippen LogP contribution in [0.2, 0.25) is 0 Å². The fraction of sp³-hybridized carbons (Fsp3) is 1.00. The van der Waals surface area contributed by atoms with Crippen LogP contribution in [0.25, 0.3) is 0 Å². The first-order chi connectivity index (χ1) is 5.18. The lowest BCUT2D eigenvalue weighted by Gasteiger charge is -2.52. The van der Waals surface area contributed by atoms with Crippen LogP contribution in [-0.2, 0) is 0 Å². The molecule has 3 saturated carbocycles. The smallest absolute Gasteiger partial charge is 0.0894 e. The Hall–Kier alpha value is 0.415. The summed E-state index contributed by atoms with van der Waals surface area (Å²) in [5, 5.41) is 0. The number of fused-ring (bicyclic) bond motifs is 3. The van der Waals surface area contributed by atoms with Gasteiger partial charge in [0.25, 0.3) is 0 Å². The van der Waals surface area contributed by atoms with Gasteiger partial charge in [-0.1, -0.05) is 0 Å². The van der Waals surface area contributed by atoms with Gasteiger partial charge in [0.15, 0.2) is 0 Å². The molecule has 0 bridgehead atoms. The summed E-state index contributed by atoms with van der Waals surface area (Å²) in [4.78, 5) is 0. The lowest BCUT2D eigenvalue weighted by Crippen LogP contribution is -2.51. The Kier molecular flexibility index (Phi) is 1.15. The van der Waals surface area contributed by atoms with Crippen molar-refractivity contribution in [3.63, 3.8) is 0 Å². The summed E-state index contributed by atoms with van der Waals surface area (Å²) in [6, 6.07) is 0. The molecular formula is C9H13BS. The molecule has 3 aliphatic rings. The molecule has 0 aromatic heterocycles. The molecule has 0 N–H and O–H groups in total. The maximum Gasteiger partial charge on any atom is 0.0894 e. The first-order valence-corrected chi connectivity index (χ1v) is 5.14. The highest BCUT2D eigenvalue weighted by Crippen LogP contribution is 2.65. The molecule has 0 heterocycles. The molecule has 0 spiro atoms. The van der Waals surface area contributed by atoms with E-state index >= 15 is 0 Å². The van der Waals surface area contributed by atoms with Crippen LogP contribution in [0.4, 0.5) is 0 Å². The third kappa shape index (κ3) is 0.702. The summed E-state index contributed by atoms with van der Waals surface area (Å²) < 4.78 is -0.0789. The van der Waals surface area contributed by atoms with E-state index < -0.39 is 0 Å². The molecule has 2 radical (unpaired) electrons. The maximum absolute atomic E-state index is 6.06. The van der Waals surface area contributed by atoms with E-state index in [0.29, 0.717) is 0 Å². The zero-order chi connectivity index (χ0) is 7.64. The zero-order valence-corrected chi connectivity index (χ0v) is 7.56. The van der Waals surface area contributed by atoms with Gasteiger partial charge in [-0.15, -0.1) is 0 Å². The Bertz CT molecular complexity index is 200. The minimum Gasteiger partial charge on any atom is -0.182 e. The lowest BCUT2D eigenvalue weighted by molar-refractivity contribution is 0.107. The van der Waals surface area contributed by atoms with Crippen LogP contribution in [0.3, 0.4) is 0 Å². The number of hydrogen-bond donors (Lipinski definition) is 1. The third-order valence-electron chi connectivity index (χ3n) is 4.22. The topological polar surface area (TPSA) is 0 Å². The first kappa shape index (κ1) is 6.88. The van der Waals surface area contributed by atoms with Gasteiger partial charge in [0, 0.05) is 0 Å². The zero-order valence-electron chi connectivity index (χ0n) is 6.66. The number of hydrogen-bond acceptors (Lipinski definition) is 1. The molecule has 0 nitrogen and oxygen atoms in total. The first-order valence-electron chi connectivity index (χ1n) is 4.70. The molecule has 0 saturated heterocycles. The second-order valence-electron chi connectivity index (χ2n) is 4.72. The van der Waals surface area contributed by atoms with Crippen LogP contribution in [0.15, 0.2) is 0 Å². The van der Waals surface area contributed by atoms with Crippen LogP contribution >= 0.6 is 12.6 Å². The van der Waals surface area contributed by atoms with Gasteiger partial charge in [-0.05, 0) is 54.0 Å². The molecule has 11 heavy (non-hydrogen) atoms. The molecule has 0 aromatic rings. The molecule has 2 heteroatoms.